The van der Waals surface area contributed by atoms with Crippen LogP contribution in [0.1, 0.15) is 39.2 Å². The molecule has 2 heterocycles. The molecule has 0 aliphatic carbocycles. The largest absolute Gasteiger partial charge is 0.475 e. The van der Waals surface area contributed by atoms with E-state index in [0.717, 1.165) is 18.7 Å². The van der Waals surface area contributed by atoms with Gasteiger partial charge in [-0.15, -0.1) is 0 Å². The number of ether oxygens (including phenoxy) is 1. The molecule has 1 aromatic rings. The Kier molecular flexibility index (Phi) is 5.85. The first-order chi connectivity index (χ1) is 9.94. The van der Waals surface area contributed by atoms with E-state index in [1.54, 1.807) is 0 Å². The summed E-state index contributed by atoms with van der Waals surface area (Å²) in [5, 5.41) is 4.01. The number of halogens is 1. The molecular formula is C16H26ClN3O. The highest BCUT2D eigenvalue weighted by Gasteiger charge is 2.13. The molecule has 118 valence electrons. The molecule has 0 saturated carbocycles. The van der Waals surface area contributed by atoms with Crippen LogP contribution in [-0.4, -0.2) is 41.7 Å². The topological polar surface area (TPSA) is 37.4 Å². The zero-order chi connectivity index (χ0) is 15.3. The van der Waals surface area contributed by atoms with Gasteiger partial charge in [-0.25, -0.2) is 4.98 Å². The van der Waals surface area contributed by atoms with E-state index in [9.17, 15) is 0 Å². The molecule has 0 radical (unpaired) electrons. The second-order valence-electron chi connectivity index (χ2n) is 6.63. The van der Waals surface area contributed by atoms with Crippen LogP contribution < -0.4 is 10.1 Å². The van der Waals surface area contributed by atoms with E-state index in [1.807, 2.05) is 12.3 Å². The van der Waals surface area contributed by atoms with Crippen LogP contribution in [0, 0.1) is 0 Å². The molecule has 1 saturated heterocycles. The predicted molar refractivity (Wildman–Crippen MR) is 87.0 cm³/mol. The molecule has 0 amide bonds. The molecule has 2 rings (SSSR count). The summed E-state index contributed by atoms with van der Waals surface area (Å²) in [4.78, 5) is 6.74. The zero-order valence-electron chi connectivity index (χ0n) is 13.3. The van der Waals surface area contributed by atoms with Crippen LogP contribution in [-0.2, 0) is 6.54 Å². The minimum absolute atomic E-state index is 0.0807. The molecule has 1 aliphatic rings. The van der Waals surface area contributed by atoms with Crippen LogP contribution in [0.25, 0.3) is 0 Å². The maximum atomic E-state index is 6.25. The Morgan fingerprint density at radius 3 is 2.67 bits per heavy atom. The van der Waals surface area contributed by atoms with E-state index in [2.05, 4.69) is 36.0 Å². The number of pyridine rings is 1. The highest BCUT2D eigenvalue weighted by Crippen LogP contribution is 2.22. The Morgan fingerprint density at radius 1 is 1.33 bits per heavy atom. The van der Waals surface area contributed by atoms with Gasteiger partial charge in [0.05, 0.1) is 0 Å². The molecule has 1 aliphatic heterocycles. The average molecular weight is 312 g/mol. The second kappa shape index (κ2) is 7.43. The molecule has 21 heavy (non-hydrogen) atoms. The highest BCUT2D eigenvalue weighted by molar-refractivity contribution is 6.31. The smallest absolute Gasteiger partial charge is 0.232 e. The van der Waals surface area contributed by atoms with Crippen LogP contribution in [0.4, 0.5) is 0 Å². The lowest BCUT2D eigenvalue weighted by molar-refractivity contribution is 0.232. The second-order valence-corrected chi connectivity index (χ2v) is 7.04. The summed E-state index contributed by atoms with van der Waals surface area (Å²) in [6, 6.07) is 1.93. The van der Waals surface area contributed by atoms with Gasteiger partial charge in [0.25, 0.3) is 0 Å². The van der Waals surface area contributed by atoms with Gasteiger partial charge in [-0.2, -0.15) is 0 Å². The van der Waals surface area contributed by atoms with Gasteiger partial charge in [0.15, 0.2) is 0 Å². The first-order valence-corrected chi connectivity index (χ1v) is 8.06. The fraction of sp³-hybridized carbons (Fsp3) is 0.688. The minimum atomic E-state index is 0.0807. The number of nitrogens with zero attached hydrogens (tertiary/aromatic N) is 2. The first-order valence-electron chi connectivity index (χ1n) is 7.69. The van der Waals surface area contributed by atoms with Crippen molar-refractivity contribution in [2.45, 2.75) is 45.7 Å². The van der Waals surface area contributed by atoms with Gasteiger partial charge in [-0.1, -0.05) is 11.6 Å². The molecule has 0 unspecified atom stereocenters. The predicted octanol–water partition coefficient (Wildman–Crippen LogP) is 3.10. The molecule has 1 aromatic heterocycles. The van der Waals surface area contributed by atoms with Crippen LogP contribution in [0.15, 0.2) is 12.3 Å². The van der Waals surface area contributed by atoms with Crippen LogP contribution >= 0.6 is 11.6 Å². The van der Waals surface area contributed by atoms with Crippen molar-refractivity contribution in [2.75, 3.05) is 26.2 Å². The monoisotopic (exact) mass is 311 g/mol. The maximum absolute atomic E-state index is 6.25. The fourth-order valence-corrected chi connectivity index (χ4v) is 2.56. The molecule has 0 atom stereocenters. The SMILES string of the molecule is CC(C)(C)NCc1cnc(OCCN2CCCC2)c(Cl)c1. The summed E-state index contributed by atoms with van der Waals surface area (Å²) in [6.45, 7) is 11.1. The third kappa shape index (κ3) is 5.81. The van der Waals surface area contributed by atoms with Gasteiger partial charge < -0.3 is 10.1 Å². The summed E-state index contributed by atoms with van der Waals surface area (Å²) in [6.07, 6.45) is 4.43. The van der Waals surface area contributed by atoms with E-state index in [0.29, 0.717) is 17.5 Å². The van der Waals surface area contributed by atoms with Crippen molar-refractivity contribution in [1.82, 2.24) is 15.2 Å². The van der Waals surface area contributed by atoms with Gasteiger partial charge in [0.1, 0.15) is 11.6 Å². The van der Waals surface area contributed by atoms with Crippen molar-refractivity contribution >= 4 is 11.6 Å². The number of likely N-dealkylation sites (tertiary alicyclic amines) is 1. The number of hydrogen-bond acceptors (Lipinski definition) is 4. The van der Waals surface area contributed by atoms with Crippen molar-refractivity contribution in [3.8, 4) is 5.88 Å². The lowest BCUT2D eigenvalue weighted by atomic mass is 10.1. The average Bonchev–Trinajstić information content (AvgIpc) is 2.91. The Hall–Kier alpha value is -0.840. The van der Waals surface area contributed by atoms with E-state index >= 15 is 0 Å². The van der Waals surface area contributed by atoms with Crippen molar-refractivity contribution in [3.63, 3.8) is 0 Å². The third-order valence-corrected chi connectivity index (χ3v) is 3.80. The molecule has 4 nitrogen and oxygen atoms in total. The quantitative estimate of drug-likeness (QED) is 0.876. The van der Waals surface area contributed by atoms with Gasteiger partial charge in [0.2, 0.25) is 5.88 Å². The van der Waals surface area contributed by atoms with Crippen molar-refractivity contribution in [3.05, 3.63) is 22.8 Å². The van der Waals surface area contributed by atoms with Crippen molar-refractivity contribution < 1.29 is 4.74 Å². The van der Waals surface area contributed by atoms with E-state index in [-0.39, 0.29) is 5.54 Å². The van der Waals surface area contributed by atoms with Crippen molar-refractivity contribution in [1.29, 1.82) is 0 Å². The van der Waals surface area contributed by atoms with Gasteiger partial charge in [-0.05, 0) is 58.3 Å². The molecule has 1 fully saturated rings. The lowest BCUT2D eigenvalue weighted by Gasteiger charge is -2.20. The molecule has 1 N–H and O–H groups in total. The van der Waals surface area contributed by atoms with Crippen LogP contribution in [0.2, 0.25) is 5.02 Å². The Bertz CT molecular complexity index is 453. The van der Waals surface area contributed by atoms with Crippen LogP contribution in [0.3, 0.4) is 0 Å². The third-order valence-electron chi connectivity index (χ3n) is 3.53. The van der Waals surface area contributed by atoms with Gasteiger partial charge >= 0.3 is 0 Å². The molecule has 5 heteroatoms. The Labute approximate surface area is 132 Å². The Morgan fingerprint density at radius 2 is 2.05 bits per heavy atom. The summed E-state index contributed by atoms with van der Waals surface area (Å²) in [5.41, 5.74) is 1.15. The number of hydrogen-bond donors (Lipinski definition) is 1. The minimum Gasteiger partial charge on any atom is -0.475 e. The molecule has 0 aromatic carbocycles. The van der Waals surface area contributed by atoms with E-state index in [4.69, 9.17) is 16.3 Å². The van der Waals surface area contributed by atoms with E-state index in [1.165, 1.54) is 25.9 Å². The number of rotatable bonds is 6. The summed E-state index contributed by atoms with van der Waals surface area (Å²) in [7, 11) is 0. The van der Waals surface area contributed by atoms with Crippen LogP contribution in [0.5, 0.6) is 5.88 Å². The number of aromatic nitrogens is 1. The normalized spacial score (nSPS) is 16.4. The Balaban J connectivity index is 1.80. The standard InChI is InChI=1S/C16H26ClN3O/c1-16(2,3)19-12-13-10-14(17)15(18-11-13)21-9-8-20-6-4-5-7-20/h10-11,19H,4-9,12H2,1-3H3. The van der Waals surface area contributed by atoms with E-state index < -0.39 is 0 Å². The summed E-state index contributed by atoms with van der Waals surface area (Å²) in [5.74, 6) is 0.537. The summed E-state index contributed by atoms with van der Waals surface area (Å²) >= 11 is 6.25. The zero-order valence-corrected chi connectivity index (χ0v) is 14.0. The highest BCUT2D eigenvalue weighted by atomic mass is 35.5. The molecule has 0 spiro atoms. The summed E-state index contributed by atoms with van der Waals surface area (Å²) < 4.78 is 5.69. The number of nitrogens with one attached hydrogen (secondary N) is 1. The lowest BCUT2D eigenvalue weighted by Crippen LogP contribution is -2.35. The van der Waals surface area contributed by atoms with Crippen molar-refractivity contribution in [2.24, 2.45) is 0 Å². The molecule has 0 bridgehead atoms. The maximum Gasteiger partial charge on any atom is 0.232 e. The molecular weight excluding hydrogens is 286 g/mol. The van der Waals surface area contributed by atoms with Gasteiger partial charge in [-0.3, -0.25) is 4.90 Å². The van der Waals surface area contributed by atoms with Gasteiger partial charge in [0, 0.05) is 24.8 Å². The fourth-order valence-electron chi connectivity index (χ4n) is 2.31. The first kappa shape index (κ1) is 16.5.